The minimum Gasteiger partial charge on any atom is -0.379 e. The number of ether oxygens (including phenoxy) is 1. The van der Waals surface area contributed by atoms with Crippen LogP contribution >= 0.6 is 0 Å². The number of aryl methyl sites for hydroxylation is 1. The van der Waals surface area contributed by atoms with Gasteiger partial charge in [-0.15, -0.1) is 0 Å². The third-order valence-corrected chi connectivity index (χ3v) is 3.01. The third kappa shape index (κ3) is 3.53. The first-order valence-electron chi connectivity index (χ1n) is 6.18. The van der Waals surface area contributed by atoms with Gasteiger partial charge in [-0.1, -0.05) is 20.8 Å². The van der Waals surface area contributed by atoms with E-state index in [4.69, 9.17) is 4.74 Å². The molecular formula is C12H20N4O4. The van der Waals surface area contributed by atoms with Crippen LogP contribution in [0.4, 0.5) is 5.69 Å². The molecule has 0 aliphatic rings. The molecule has 2 N–H and O–H groups in total. The second-order valence-corrected chi connectivity index (χ2v) is 5.60. The molecule has 0 fully saturated rings. The molecule has 112 valence electrons. The van der Waals surface area contributed by atoms with Crippen molar-refractivity contribution in [1.29, 1.82) is 0 Å². The highest BCUT2D eigenvalue weighted by Crippen LogP contribution is 2.22. The van der Waals surface area contributed by atoms with Gasteiger partial charge in [0.15, 0.2) is 0 Å². The molecule has 0 radical (unpaired) electrons. The number of nitrogens with one attached hydrogen (secondary N) is 2. The molecule has 0 aliphatic heterocycles. The summed E-state index contributed by atoms with van der Waals surface area (Å²) in [7, 11) is 1.56. The fourth-order valence-electron chi connectivity index (χ4n) is 1.82. The predicted octanol–water partition coefficient (Wildman–Crippen LogP) is 1.42. The molecule has 1 atom stereocenters. The van der Waals surface area contributed by atoms with E-state index in [1.807, 2.05) is 20.8 Å². The van der Waals surface area contributed by atoms with Crippen molar-refractivity contribution < 1.29 is 14.5 Å². The van der Waals surface area contributed by atoms with E-state index in [-0.39, 0.29) is 35.1 Å². The maximum Gasteiger partial charge on any atom is 0.322 e. The number of nitro groups is 1. The van der Waals surface area contributed by atoms with Crippen molar-refractivity contribution in [3.05, 3.63) is 21.5 Å². The number of methoxy groups -OCH3 is 1. The topological polar surface area (TPSA) is 110 Å². The van der Waals surface area contributed by atoms with E-state index in [0.717, 1.165) is 0 Å². The lowest BCUT2D eigenvalue weighted by Gasteiger charge is -2.29. The quantitative estimate of drug-likeness (QED) is 0.627. The number of aromatic nitrogens is 2. The molecule has 1 aromatic heterocycles. The van der Waals surface area contributed by atoms with Crippen LogP contribution in [0.3, 0.4) is 0 Å². The van der Waals surface area contributed by atoms with Crippen molar-refractivity contribution in [2.45, 2.75) is 33.8 Å². The van der Waals surface area contributed by atoms with Gasteiger partial charge in [0.05, 0.1) is 11.0 Å². The largest absolute Gasteiger partial charge is 0.379 e. The highest BCUT2D eigenvalue weighted by molar-refractivity contribution is 5.96. The molecule has 1 rings (SSSR count). The number of hydrogen-bond acceptors (Lipinski definition) is 5. The van der Waals surface area contributed by atoms with Gasteiger partial charge in [0.2, 0.25) is 5.69 Å². The number of carbonyl (C=O) groups is 1. The second kappa shape index (κ2) is 6.00. The smallest absolute Gasteiger partial charge is 0.322 e. The number of aromatic amines is 1. The number of amides is 1. The highest BCUT2D eigenvalue weighted by Gasteiger charge is 2.29. The first-order chi connectivity index (χ1) is 9.18. The van der Waals surface area contributed by atoms with Gasteiger partial charge in [-0.05, 0) is 12.3 Å². The minimum atomic E-state index is -0.620. The SMILES string of the molecule is CO[C@H](CNC(=O)c1n[nH]c(C)c1[N+](=O)[O-])C(C)(C)C. The van der Waals surface area contributed by atoms with Crippen LogP contribution in [-0.2, 0) is 4.74 Å². The van der Waals surface area contributed by atoms with E-state index < -0.39 is 10.8 Å². The van der Waals surface area contributed by atoms with Crippen LogP contribution in [0.5, 0.6) is 0 Å². The Labute approximate surface area is 117 Å². The molecule has 0 aliphatic carbocycles. The molecule has 20 heavy (non-hydrogen) atoms. The number of H-pyrrole nitrogens is 1. The van der Waals surface area contributed by atoms with Crippen LogP contribution in [0.25, 0.3) is 0 Å². The Bertz CT molecular complexity index is 504. The average Bonchev–Trinajstić information content (AvgIpc) is 2.70. The Kier molecular flexibility index (Phi) is 4.83. The van der Waals surface area contributed by atoms with E-state index in [9.17, 15) is 14.9 Å². The molecule has 0 saturated heterocycles. The van der Waals surface area contributed by atoms with E-state index >= 15 is 0 Å². The second-order valence-electron chi connectivity index (χ2n) is 5.60. The van der Waals surface area contributed by atoms with E-state index in [0.29, 0.717) is 0 Å². The minimum absolute atomic E-state index is 0.157. The van der Waals surface area contributed by atoms with E-state index in [2.05, 4.69) is 15.5 Å². The Hall–Kier alpha value is -1.96. The van der Waals surface area contributed by atoms with E-state index in [1.54, 1.807) is 7.11 Å². The summed E-state index contributed by atoms with van der Waals surface area (Å²) in [4.78, 5) is 22.3. The molecule has 0 bridgehead atoms. The molecule has 0 spiro atoms. The maximum atomic E-state index is 12.0. The lowest BCUT2D eigenvalue weighted by molar-refractivity contribution is -0.385. The van der Waals surface area contributed by atoms with Gasteiger partial charge in [0.1, 0.15) is 5.69 Å². The zero-order valence-corrected chi connectivity index (χ0v) is 12.3. The van der Waals surface area contributed by atoms with Crippen molar-refractivity contribution >= 4 is 11.6 Å². The van der Waals surface area contributed by atoms with Crippen molar-refractivity contribution in [1.82, 2.24) is 15.5 Å². The van der Waals surface area contributed by atoms with Crippen LogP contribution in [-0.4, -0.2) is 40.8 Å². The normalized spacial score (nSPS) is 13.1. The Balaban J connectivity index is 2.80. The number of carbonyl (C=O) groups excluding carboxylic acids is 1. The van der Waals surface area contributed by atoms with Crippen LogP contribution < -0.4 is 5.32 Å². The number of nitrogens with zero attached hydrogens (tertiary/aromatic N) is 2. The lowest BCUT2D eigenvalue weighted by atomic mass is 9.89. The molecular weight excluding hydrogens is 264 g/mol. The van der Waals surface area contributed by atoms with Gasteiger partial charge in [0, 0.05) is 13.7 Å². The summed E-state index contributed by atoms with van der Waals surface area (Å²) < 4.78 is 5.31. The monoisotopic (exact) mass is 284 g/mol. The molecule has 0 saturated carbocycles. The van der Waals surface area contributed by atoms with Gasteiger partial charge >= 0.3 is 5.69 Å². The maximum absolute atomic E-state index is 12.0. The molecule has 0 unspecified atom stereocenters. The molecule has 8 heteroatoms. The fourth-order valence-corrected chi connectivity index (χ4v) is 1.82. The first-order valence-corrected chi connectivity index (χ1v) is 6.18. The highest BCUT2D eigenvalue weighted by atomic mass is 16.6. The van der Waals surface area contributed by atoms with Crippen molar-refractivity contribution in [3.63, 3.8) is 0 Å². The zero-order valence-electron chi connectivity index (χ0n) is 12.3. The summed E-state index contributed by atoms with van der Waals surface area (Å²) in [5.41, 5.74) is -0.419. The predicted molar refractivity (Wildman–Crippen MR) is 72.6 cm³/mol. The van der Waals surface area contributed by atoms with Gasteiger partial charge in [-0.25, -0.2) is 0 Å². The summed E-state index contributed by atoms with van der Waals surface area (Å²) in [6.45, 7) is 7.69. The third-order valence-electron chi connectivity index (χ3n) is 3.01. The summed E-state index contributed by atoms with van der Waals surface area (Å²) in [6, 6.07) is 0. The lowest BCUT2D eigenvalue weighted by Crippen LogP contribution is -2.40. The fraction of sp³-hybridized carbons (Fsp3) is 0.667. The molecule has 1 amide bonds. The standard InChI is InChI=1S/C12H20N4O4/c1-7-10(16(18)19)9(15-14-7)11(17)13-6-8(20-5)12(2,3)4/h8H,6H2,1-5H3,(H,13,17)(H,14,15)/t8-/m1/s1. The van der Waals surface area contributed by atoms with Gasteiger partial charge in [0.25, 0.3) is 5.91 Å². The van der Waals surface area contributed by atoms with Crippen molar-refractivity contribution in [3.8, 4) is 0 Å². The molecule has 0 aromatic carbocycles. The summed E-state index contributed by atoms with van der Waals surface area (Å²) in [6.07, 6.45) is -0.203. The molecule has 1 heterocycles. The van der Waals surface area contributed by atoms with Crippen LogP contribution in [0.2, 0.25) is 0 Å². The number of rotatable bonds is 5. The summed E-state index contributed by atoms with van der Waals surface area (Å²) in [5.74, 6) is -0.590. The van der Waals surface area contributed by atoms with Crippen LogP contribution in [0.15, 0.2) is 0 Å². The Morgan fingerprint density at radius 2 is 2.15 bits per heavy atom. The van der Waals surface area contributed by atoms with Crippen LogP contribution in [0.1, 0.15) is 37.0 Å². The van der Waals surface area contributed by atoms with Crippen LogP contribution in [0, 0.1) is 22.5 Å². The Morgan fingerprint density at radius 3 is 2.60 bits per heavy atom. The average molecular weight is 284 g/mol. The molecule has 1 aromatic rings. The number of hydrogen-bond donors (Lipinski definition) is 2. The van der Waals surface area contributed by atoms with E-state index in [1.165, 1.54) is 6.92 Å². The van der Waals surface area contributed by atoms with Gasteiger partial charge in [-0.3, -0.25) is 20.0 Å². The zero-order chi connectivity index (χ0) is 15.5. The summed E-state index contributed by atoms with van der Waals surface area (Å²) in [5, 5.41) is 19.6. The molecule has 8 nitrogen and oxygen atoms in total. The Morgan fingerprint density at radius 1 is 1.55 bits per heavy atom. The summed E-state index contributed by atoms with van der Waals surface area (Å²) >= 11 is 0. The first kappa shape index (κ1) is 16.1. The van der Waals surface area contributed by atoms with Gasteiger partial charge in [-0.2, -0.15) is 5.10 Å². The van der Waals surface area contributed by atoms with Crippen molar-refractivity contribution in [2.75, 3.05) is 13.7 Å². The van der Waals surface area contributed by atoms with Crippen molar-refractivity contribution in [2.24, 2.45) is 5.41 Å². The van der Waals surface area contributed by atoms with Gasteiger partial charge < -0.3 is 10.1 Å².